The maximum Gasteiger partial charge on any atom is 0.230 e. The molecule has 1 saturated heterocycles. The number of aromatic nitrogens is 4. The highest BCUT2D eigenvalue weighted by molar-refractivity contribution is 7.99. The first-order chi connectivity index (χ1) is 11.3. The van der Waals surface area contributed by atoms with Gasteiger partial charge in [-0.05, 0) is 28.8 Å². The van der Waals surface area contributed by atoms with E-state index in [0.717, 1.165) is 25.0 Å². The van der Waals surface area contributed by atoms with Crippen molar-refractivity contribution in [1.82, 2.24) is 25.5 Å². The van der Waals surface area contributed by atoms with Crippen molar-refractivity contribution in [2.45, 2.75) is 37.2 Å². The highest BCUT2D eigenvalue weighted by Crippen LogP contribution is 2.18. The average Bonchev–Trinajstić information content (AvgIpc) is 3.24. The average molecular weight is 333 g/mol. The molecule has 0 spiro atoms. The molecule has 1 aromatic heterocycles. The highest BCUT2D eigenvalue weighted by atomic mass is 32.2. The molecule has 1 N–H and O–H groups in total. The van der Waals surface area contributed by atoms with Gasteiger partial charge in [0.25, 0.3) is 0 Å². The van der Waals surface area contributed by atoms with Gasteiger partial charge in [-0.1, -0.05) is 42.1 Å². The molecule has 1 amide bonds. The summed E-state index contributed by atoms with van der Waals surface area (Å²) in [5.41, 5.74) is 1.08. The van der Waals surface area contributed by atoms with Gasteiger partial charge in [-0.25, -0.2) is 4.68 Å². The molecule has 0 bridgehead atoms. The van der Waals surface area contributed by atoms with Gasteiger partial charge in [-0.3, -0.25) is 4.79 Å². The Morgan fingerprint density at radius 1 is 1.39 bits per heavy atom. The zero-order valence-corrected chi connectivity index (χ0v) is 13.5. The molecule has 0 aliphatic carbocycles. The van der Waals surface area contributed by atoms with Gasteiger partial charge < -0.3 is 10.1 Å². The van der Waals surface area contributed by atoms with Gasteiger partial charge in [0.05, 0.1) is 18.4 Å². The molecule has 2 aromatic rings. The molecule has 1 unspecified atom stereocenters. The van der Waals surface area contributed by atoms with Crippen LogP contribution in [-0.4, -0.2) is 44.6 Å². The normalized spacial score (nSPS) is 17.3. The molecule has 3 rings (SSSR count). The lowest BCUT2D eigenvalue weighted by atomic mass is 10.2. The number of rotatable bonds is 7. The van der Waals surface area contributed by atoms with Crippen LogP contribution in [0.1, 0.15) is 18.4 Å². The lowest BCUT2D eigenvalue weighted by Crippen LogP contribution is -2.25. The number of thioether (sulfide) groups is 1. The first-order valence-corrected chi connectivity index (χ1v) is 8.61. The Bertz CT molecular complexity index is 628. The lowest BCUT2D eigenvalue weighted by molar-refractivity contribution is -0.118. The number of amides is 1. The summed E-state index contributed by atoms with van der Waals surface area (Å²) >= 11 is 1.34. The molecule has 7 nitrogen and oxygen atoms in total. The fraction of sp³-hybridized carbons (Fsp3) is 0.467. The van der Waals surface area contributed by atoms with Gasteiger partial charge in [-0.15, -0.1) is 5.10 Å². The van der Waals surface area contributed by atoms with E-state index in [2.05, 4.69) is 20.8 Å². The maximum atomic E-state index is 11.9. The van der Waals surface area contributed by atoms with Crippen molar-refractivity contribution >= 4 is 17.7 Å². The zero-order chi connectivity index (χ0) is 15.9. The summed E-state index contributed by atoms with van der Waals surface area (Å²) < 4.78 is 7.30. The molecule has 1 aliphatic rings. The van der Waals surface area contributed by atoms with E-state index in [1.165, 1.54) is 11.8 Å². The molecule has 1 fully saturated rings. The second-order valence-electron chi connectivity index (χ2n) is 5.33. The minimum Gasteiger partial charge on any atom is -0.376 e. The van der Waals surface area contributed by atoms with E-state index >= 15 is 0 Å². The van der Waals surface area contributed by atoms with Gasteiger partial charge in [0, 0.05) is 13.2 Å². The molecule has 8 heteroatoms. The van der Waals surface area contributed by atoms with Crippen molar-refractivity contribution in [1.29, 1.82) is 0 Å². The number of carbonyl (C=O) groups excluding carboxylic acids is 1. The monoisotopic (exact) mass is 333 g/mol. The Labute approximate surface area is 138 Å². The summed E-state index contributed by atoms with van der Waals surface area (Å²) in [7, 11) is 0. The third kappa shape index (κ3) is 4.77. The molecule has 1 atom stereocenters. The van der Waals surface area contributed by atoms with Crippen molar-refractivity contribution in [2.75, 3.05) is 12.4 Å². The Morgan fingerprint density at radius 3 is 3.04 bits per heavy atom. The van der Waals surface area contributed by atoms with Crippen LogP contribution in [0.3, 0.4) is 0 Å². The van der Waals surface area contributed by atoms with Crippen molar-refractivity contribution in [3.63, 3.8) is 0 Å². The Balaban J connectivity index is 1.44. The molecular formula is C15H19N5O2S. The predicted molar refractivity (Wildman–Crippen MR) is 85.8 cm³/mol. The van der Waals surface area contributed by atoms with Crippen LogP contribution in [0.2, 0.25) is 0 Å². The van der Waals surface area contributed by atoms with Crippen LogP contribution in [0, 0.1) is 0 Å². The predicted octanol–water partition coefficient (Wildman–Crippen LogP) is 1.26. The van der Waals surface area contributed by atoms with Crippen LogP contribution < -0.4 is 5.32 Å². The van der Waals surface area contributed by atoms with Gasteiger partial charge in [-0.2, -0.15) is 0 Å². The fourth-order valence-electron chi connectivity index (χ4n) is 2.37. The van der Waals surface area contributed by atoms with Gasteiger partial charge in [0.15, 0.2) is 0 Å². The van der Waals surface area contributed by atoms with Gasteiger partial charge in [0.1, 0.15) is 0 Å². The van der Waals surface area contributed by atoms with Crippen LogP contribution in [-0.2, 0) is 22.6 Å². The van der Waals surface area contributed by atoms with Crippen LogP contribution in [0.25, 0.3) is 0 Å². The first-order valence-electron chi connectivity index (χ1n) is 7.62. The van der Waals surface area contributed by atoms with Crippen molar-refractivity contribution in [3.8, 4) is 0 Å². The molecular weight excluding hydrogens is 314 g/mol. The van der Waals surface area contributed by atoms with Crippen LogP contribution in [0.4, 0.5) is 0 Å². The smallest absolute Gasteiger partial charge is 0.230 e. The molecule has 1 aliphatic heterocycles. The lowest BCUT2D eigenvalue weighted by Gasteiger charge is -2.10. The van der Waals surface area contributed by atoms with Gasteiger partial charge >= 0.3 is 0 Å². The number of hydrogen-bond donors (Lipinski definition) is 1. The zero-order valence-electron chi connectivity index (χ0n) is 12.7. The first kappa shape index (κ1) is 15.9. The number of nitrogens with one attached hydrogen (secondary N) is 1. The summed E-state index contributed by atoms with van der Waals surface area (Å²) in [5.74, 6) is 0.254. The Morgan fingerprint density at radius 2 is 2.26 bits per heavy atom. The third-order valence-corrected chi connectivity index (χ3v) is 4.52. The molecule has 23 heavy (non-hydrogen) atoms. The number of nitrogens with zero attached hydrogens (tertiary/aromatic N) is 4. The SMILES string of the molecule is O=C(CSc1nnnn1CC1CCCO1)NCc1ccccc1. The number of tetrazole rings is 1. The van der Waals surface area contributed by atoms with E-state index in [0.29, 0.717) is 24.0 Å². The fourth-order valence-corrected chi connectivity index (χ4v) is 3.09. The minimum atomic E-state index is -0.0366. The Kier molecular flexibility index (Phi) is 5.60. The second kappa shape index (κ2) is 8.07. The summed E-state index contributed by atoms with van der Waals surface area (Å²) in [6.45, 7) is 1.97. The third-order valence-electron chi connectivity index (χ3n) is 3.56. The Hall–Kier alpha value is -1.93. The summed E-state index contributed by atoms with van der Waals surface area (Å²) in [4.78, 5) is 11.9. The van der Waals surface area contributed by atoms with Gasteiger partial charge in [0.2, 0.25) is 11.1 Å². The minimum absolute atomic E-state index is 0.0366. The largest absolute Gasteiger partial charge is 0.376 e. The number of benzene rings is 1. The second-order valence-corrected chi connectivity index (χ2v) is 6.27. The summed E-state index contributed by atoms with van der Waals surface area (Å²) in [5, 5.41) is 15.2. The van der Waals surface area contributed by atoms with E-state index in [-0.39, 0.29) is 12.0 Å². The van der Waals surface area contributed by atoms with E-state index < -0.39 is 0 Å². The molecule has 1 aromatic carbocycles. The van der Waals surface area contributed by atoms with E-state index in [1.807, 2.05) is 30.3 Å². The van der Waals surface area contributed by atoms with Crippen LogP contribution in [0.15, 0.2) is 35.5 Å². The quantitative estimate of drug-likeness (QED) is 0.768. The number of hydrogen-bond acceptors (Lipinski definition) is 6. The van der Waals surface area contributed by atoms with E-state index in [4.69, 9.17) is 4.74 Å². The topological polar surface area (TPSA) is 81.9 Å². The highest BCUT2D eigenvalue weighted by Gasteiger charge is 2.19. The van der Waals surface area contributed by atoms with Crippen molar-refractivity contribution in [3.05, 3.63) is 35.9 Å². The van der Waals surface area contributed by atoms with Crippen LogP contribution >= 0.6 is 11.8 Å². The van der Waals surface area contributed by atoms with E-state index in [1.54, 1.807) is 4.68 Å². The molecule has 0 radical (unpaired) electrons. The molecule has 2 heterocycles. The number of carbonyl (C=O) groups is 1. The van der Waals surface area contributed by atoms with Crippen molar-refractivity contribution < 1.29 is 9.53 Å². The maximum absolute atomic E-state index is 11.9. The van der Waals surface area contributed by atoms with Crippen LogP contribution in [0.5, 0.6) is 0 Å². The molecule has 0 saturated carbocycles. The van der Waals surface area contributed by atoms with Crippen molar-refractivity contribution in [2.24, 2.45) is 0 Å². The standard InChI is InChI=1S/C15H19N5O2S/c21-14(16-9-12-5-2-1-3-6-12)11-23-15-17-18-19-20(15)10-13-7-4-8-22-13/h1-3,5-6,13H,4,7-11H2,(H,16,21). The molecule has 122 valence electrons. The summed E-state index contributed by atoms with van der Waals surface area (Å²) in [6, 6.07) is 9.82. The van der Waals surface area contributed by atoms with E-state index in [9.17, 15) is 4.79 Å². The number of ether oxygens (including phenoxy) is 1. The summed E-state index contributed by atoms with van der Waals surface area (Å²) in [6.07, 6.45) is 2.28.